The topological polar surface area (TPSA) is 96.5 Å². The van der Waals surface area contributed by atoms with Crippen molar-refractivity contribution in [2.45, 2.75) is 32.9 Å². The minimum atomic E-state index is -0.200. The van der Waals surface area contributed by atoms with Crippen LogP contribution in [0.3, 0.4) is 0 Å². The van der Waals surface area contributed by atoms with Crippen molar-refractivity contribution in [2.24, 2.45) is 0 Å². The van der Waals surface area contributed by atoms with E-state index in [1.807, 2.05) is 20.8 Å². The highest BCUT2D eigenvalue weighted by Crippen LogP contribution is 2.14. The highest BCUT2D eigenvalue weighted by Gasteiger charge is 2.26. The number of amides is 3. The summed E-state index contributed by atoms with van der Waals surface area (Å²) in [6, 6.07) is 3.17. The van der Waals surface area contributed by atoms with Crippen molar-refractivity contribution < 1.29 is 14.0 Å². The van der Waals surface area contributed by atoms with Crippen LogP contribution in [0, 0.1) is 0 Å². The molecule has 0 bridgehead atoms. The van der Waals surface area contributed by atoms with Gasteiger partial charge in [0.15, 0.2) is 5.76 Å². The Morgan fingerprint density at radius 2 is 1.88 bits per heavy atom. The summed E-state index contributed by atoms with van der Waals surface area (Å²) in [7, 11) is 0. The van der Waals surface area contributed by atoms with Crippen LogP contribution in [0.2, 0.25) is 0 Å². The average Bonchev–Trinajstić information content (AvgIpc) is 3.30. The first-order chi connectivity index (χ1) is 12.4. The Balaban J connectivity index is 1.50. The fraction of sp³-hybridized carbons (Fsp3) is 0.529. The third kappa shape index (κ3) is 3.87. The van der Waals surface area contributed by atoms with Crippen molar-refractivity contribution in [2.75, 3.05) is 26.2 Å². The van der Waals surface area contributed by atoms with Gasteiger partial charge in [0.05, 0.1) is 18.3 Å². The normalized spacial score (nSPS) is 15.2. The SMILES string of the molecule is CC(C)(C)n1ncnc1CNC(=O)N1CCN(C(=O)c2ccco2)CC1. The molecule has 0 aliphatic carbocycles. The Kier molecular flexibility index (Phi) is 4.97. The summed E-state index contributed by atoms with van der Waals surface area (Å²) in [5, 5.41) is 7.10. The Labute approximate surface area is 152 Å². The number of urea groups is 1. The molecule has 0 atom stereocenters. The van der Waals surface area contributed by atoms with Crippen molar-refractivity contribution >= 4 is 11.9 Å². The molecule has 0 saturated carbocycles. The second-order valence-electron chi connectivity index (χ2n) is 7.17. The van der Waals surface area contributed by atoms with Crippen LogP contribution in [-0.4, -0.2) is 62.7 Å². The van der Waals surface area contributed by atoms with Crippen LogP contribution >= 0.6 is 0 Å². The van der Waals surface area contributed by atoms with Crippen molar-refractivity contribution in [3.8, 4) is 0 Å². The smallest absolute Gasteiger partial charge is 0.317 e. The molecule has 140 valence electrons. The van der Waals surface area contributed by atoms with E-state index in [4.69, 9.17) is 4.42 Å². The number of nitrogens with one attached hydrogen (secondary N) is 1. The summed E-state index contributed by atoms with van der Waals surface area (Å²) < 4.78 is 6.94. The highest BCUT2D eigenvalue weighted by molar-refractivity contribution is 5.91. The molecule has 1 N–H and O–H groups in total. The Morgan fingerprint density at radius 3 is 2.50 bits per heavy atom. The van der Waals surface area contributed by atoms with Gasteiger partial charge in [-0.25, -0.2) is 14.5 Å². The van der Waals surface area contributed by atoms with Gasteiger partial charge in [0, 0.05) is 26.2 Å². The number of aromatic nitrogens is 3. The minimum Gasteiger partial charge on any atom is -0.459 e. The van der Waals surface area contributed by atoms with Crippen molar-refractivity contribution in [1.29, 1.82) is 0 Å². The van der Waals surface area contributed by atoms with Crippen LogP contribution < -0.4 is 5.32 Å². The van der Waals surface area contributed by atoms with Gasteiger partial charge in [-0.3, -0.25) is 4.79 Å². The number of carbonyl (C=O) groups is 2. The van der Waals surface area contributed by atoms with E-state index in [2.05, 4.69) is 15.4 Å². The molecule has 1 aliphatic heterocycles. The van der Waals surface area contributed by atoms with Gasteiger partial charge in [-0.1, -0.05) is 0 Å². The van der Waals surface area contributed by atoms with Gasteiger partial charge < -0.3 is 19.5 Å². The lowest BCUT2D eigenvalue weighted by Gasteiger charge is -2.34. The van der Waals surface area contributed by atoms with Gasteiger partial charge in [0.1, 0.15) is 12.2 Å². The molecule has 9 nitrogen and oxygen atoms in total. The lowest BCUT2D eigenvalue weighted by Crippen LogP contribution is -2.53. The fourth-order valence-corrected chi connectivity index (χ4v) is 2.88. The standard InChI is InChI=1S/C17H24N6O3/c1-17(2,3)23-14(19-12-20-23)11-18-16(25)22-8-6-21(7-9-22)15(24)13-5-4-10-26-13/h4-5,10,12H,6-9,11H2,1-3H3,(H,18,25). The van der Waals surface area contributed by atoms with E-state index >= 15 is 0 Å². The van der Waals surface area contributed by atoms with Crippen LogP contribution in [-0.2, 0) is 12.1 Å². The molecule has 0 unspecified atom stereocenters. The van der Waals surface area contributed by atoms with E-state index in [0.29, 0.717) is 44.3 Å². The molecule has 0 aromatic carbocycles. The van der Waals surface area contributed by atoms with Crippen LogP contribution in [0.5, 0.6) is 0 Å². The summed E-state index contributed by atoms with van der Waals surface area (Å²) in [5.41, 5.74) is -0.200. The summed E-state index contributed by atoms with van der Waals surface area (Å²) in [6.45, 7) is 8.30. The molecule has 2 aromatic rings. The zero-order valence-corrected chi connectivity index (χ0v) is 15.3. The molecule has 3 amide bonds. The van der Waals surface area contributed by atoms with Gasteiger partial charge in [-0.2, -0.15) is 5.10 Å². The second kappa shape index (κ2) is 7.19. The number of piperazine rings is 1. The van der Waals surface area contributed by atoms with E-state index in [9.17, 15) is 9.59 Å². The molecule has 1 fully saturated rings. The first-order valence-electron chi connectivity index (χ1n) is 8.61. The van der Waals surface area contributed by atoms with Crippen molar-refractivity contribution in [3.63, 3.8) is 0 Å². The Morgan fingerprint density at radius 1 is 1.19 bits per heavy atom. The lowest BCUT2D eigenvalue weighted by molar-refractivity contribution is 0.0634. The predicted octanol–water partition coefficient (Wildman–Crippen LogP) is 1.29. The highest BCUT2D eigenvalue weighted by atomic mass is 16.3. The molecule has 3 rings (SSSR count). The van der Waals surface area contributed by atoms with E-state index in [0.717, 1.165) is 0 Å². The summed E-state index contributed by atoms with van der Waals surface area (Å²) >= 11 is 0. The lowest BCUT2D eigenvalue weighted by atomic mass is 10.1. The second-order valence-corrected chi connectivity index (χ2v) is 7.17. The van der Waals surface area contributed by atoms with Gasteiger partial charge in [-0.15, -0.1) is 0 Å². The summed E-state index contributed by atoms with van der Waals surface area (Å²) in [5.74, 6) is 0.884. The average molecular weight is 360 g/mol. The molecule has 9 heteroatoms. The predicted molar refractivity (Wildman–Crippen MR) is 93.4 cm³/mol. The first-order valence-corrected chi connectivity index (χ1v) is 8.61. The number of rotatable bonds is 3. The molecule has 1 saturated heterocycles. The molecule has 0 radical (unpaired) electrons. The zero-order valence-electron chi connectivity index (χ0n) is 15.3. The quantitative estimate of drug-likeness (QED) is 0.890. The zero-order chi connectivity index (χ0) is 18.7. The summed E-state index contributed by atoms with van der Waals surface area (Å²) in [4.78, 5) is 32.3. The number of carbonyl (C=O) groups excluding carboxylic acids is 2. The van der Waals surface area contributed by atoms with Crippen LogP contribution in [0.25, 0.3) is 0 Å². The molecular formula is C17H24N6O3. The van der Waals surface area contributed by atoms with Gasteiger partial charge >= 0.3 is 6.03 Å². The van der Waals surface area contributed by atoms with Crippen molar-refractivity contribution in [1.82, 2.24) is 29.9 Å². The molecule has 0 spiro atoms. The number of hydrogen-bond acceptors (Lipinski definition) is 5. The van der Waals surface area contributed by atoms with Crippen LogP contribution in [0.1, 0.15) is 37.2 Å². The Bertz CT molecular complexity index is 754. The number of hydrogen-bond donors (Lipinski definition) is 1. The maximum atomic E-state index is 12.4. The van der Waals surface area contributed by atoms with E-state index < -0.39 is 0 Å². The largest absolute Gasteiger partial charge is 0.459 e. The molecule has 3 heterocycles. The Hall–Kier alpha value is -2.84. The van der Waals surface area contributed by atoms with Gasteiger partial charge in [-0.05, 0) is 32.9 Å². The van der Waals surface area contributed by atoms with Crippen LogP contribution in [0.15, 0.2) is 29.1 Å². The first kappa shape index (κ1) is 18.0. The maximum absolute atomic E-state index is 12.4. The molecule has 1 aliphatic rings. The van der Waals surface area contributed by atoms with Gasteiger partial charge in [0.25, 0.3) is 5.91 Å². The summed E-state index contributed by atoms with van der Waals surface area (Å²) in [6.07, 6.45) is 2.97. The van der Waals surface area contributed by atoms with Gasteiger partial charge in [0.2, 0.25) is 0 Å². The maximum Gasteiger partial charge on any atom is 0.317 e. The van der Waals surface area contributed by atoms with Crippen molar-refractivity contribution in [3.05, 3.63) is 36.3 Å². The molecular weight excluding hydrogens is 336 g/mol. The monoisotopic (exact) mass is 360 g/mol. The molecule has 2 aromatic heterocycles. The van der Waals surface area contributed by atoms with E-state index in [1.54, 1.807) is 26.6 Å². The van der Waals surface area contributed by atoms with Crippen LogP contribution in [0.4, 0.5) is 4.79 Å². The van der Waals surface area contributed by atoms with E-state index in [1.165, 1.54) is 12.6 Å². The van der Waals surface area contributed by atoms with E-state index in [-0.39, 0.29) is 17.5 Å². The third-order valence-electron chi connectivity index (χ3n) is 4.24. The molecule has 26 heavy (non-hydrogen) atoms. The number of nitrogens with zero attached hydrogens (tertiary/aromatic N) is 5. The third-order valence-corrected chi connectivity index (χ3v) is 4.24. The number of furan rings is 1. The minimum absolute atomic E-state index is 0.145. The fourth-order valence-electron chi connectivity index (χ4n) is 2.88.